The number of hydrogen-bond acceptors (Lipinski definition) is 5. The molecule has 5 rings (SSSR count). The minimum Gasteiger partial charge on any atom is -0.324 e. The molecule has 1 saturated heterocycles. The number of alkyl halides is 1. The molecule has 0 saturated carbocycles. The zero-order valence-corrected chi connectivity index (χ0v) is 17.7. The van der Waals surface area contributed by atoms with Gasteiger partial charge < -0.3 is 5.32 Å². The van der Waals surface area contributed by atoms with Crippen LogP contribution >= 0.6 is 15.9 Å². The molecule has 8 heteroatoms. The number of likely N-dealkylation sites (tertiary alicyclic amines) is 1. The fourth-order valence-electron chi connectivity index (χ4n) is 3.81. The summed E-state index contributed by atoms with van der Waals surface area (Å²) in [5, 5.41) is 11.2. The number of aromatic amines is 1. The van der Waals surface area contributed by atoms with Crippen LogP contribution in [0.3, 0.4) is 0 Å². The minimum absolute atomic E-state index is 0.488. The van der Waals surface area contributed by atoms with Crippen LogP contribution in [-0.2, 0) is 6.54 Å². The highest BCUT2D eigenvalue weighted by Gasteiger charge is 2.22. The summed E-state index contributed by atoms with van der Waals surface area (Å²) < 4.78 is 14.6. The first-order chi connectivity index (χ1) is 14.6. The van der Waals surface area contributed by atoms with Gasteiger partial charge in [0, 0.05) is 53.1 Å². The number of rotatable bonds is 5. The first-order valence-corrected chi connectivity index (χ1v) is 10.6. The molecule has 6 nitrogen and oxygen atoms in total. The Morgan fingerprint density at radius 2 is 2.10 bits per heavy atom. The molecule has 1 aliphatic rings. The minimum atomic E-state index is -0.731. The van der Waals surface area contributed by atoms with Gasteiger partial charge in [0.15, 0.2) is 0 Å². The monoisotopic (exact) mass is 466 g/mol. The number of halogens is 2. The standard InChI is InChI=1S/C22H20BrFN6/c23-18-1-2-21-16(7-18)9-25-22(29-21)28-20-6-14(12-30-4-3-19(24)13-30)5-15(8-20)17-10-26-27-11-17/h1-2,5-11,19H,3-4,12-13H2,(H,26,27)(H,25,28,29). The van der Waals surface area contributed by atoms with Crippen LogP contribution in [0.2, 0.25) is 0 Å². The molecular weight excluding hydrogens is 447 g/mol. The van der Waals surface area contributed by atoms with Crippen molar-refractivity contribution >= 4 is 38.5 Å². The van der Waals surface area contributed by atoms with Crippen LogP contribution in [-0.4, -0.2) is 44.3 Å². The number of H-pyrrole nitrogens is 1. The van der Waals surface area contributed by atoms with Gasteiger partial charge in [-0.2, -0.15) is 5.10 Å². The van der Waals surface area contributed by atoms with Gasteiger partial charge in [-0.05, 0) is 53.9 Å². The molecule has 30 heavy (non-hydrogen) atoms. The van der Waals surface area contributed by atoms with E-state index in [4.69, 9.17) is 0 Å². The second-order valence-corrected chi connectivity index (χ2v) is 8.46. The van der Waals surface area contributed by atoms with E-state index in [9.17, 15) is 4.39 Å². The Balaban J connectivity index is 1.46. The van der Waals surface area contributed by atoms with Gasteiger partial charge in [0.1, 0.15) is 6.17 Å². The fourth-order valence-corrected chi connectivity index (χ4v) is 4.19. The Bertz CT molecular complexity index is 1180. The van der Waals surface area contributed by atoms with E-state index in [1.165, 1.54) is 0 Å². The number of fused-ring (bicyclic) bond motifs is 1. The number of nitrogens with one attached hydrogen (secondary N) is 2. The van der Waals surface area contributed by atoms with Crippen LogP contribution in [0.1, 0.15) is 12.0 Å². The van der Waals surface area contributed by atoms with Gasteiger partial charge >= 0.3 is 0 Å². The molecule has 0 aliphatic carbocycles. The van der Waals surface area contributed by atoms with E-state index in [1.54, 1.807) is 6.20 Å². The number of hydrogen-bond donors (Lipinski definition) is 2. The van der Waals surface area contributed by atoms with Gasteiger partial charge in [-0.3, -0.25) is 10.00 Å². The Labute approximate surface area is 181 Å². The Hall–Kier alpha value is -2.84. The summed E-state index contributed by atoms with van der Waals surface area (Å²) in [5.74, 6) is 0.533. The van der Waals surface area contributed by atoms with Crippen molar-refractivity contribution in [3.8, 4) is 11.1 Å². The summed E-state index contributed by atoms with van der Waals surface area (Å²) in [6, 6.07) is 12.2. The molecule has 3 heterocycles. The van der Waals surface area contributed by atoms with E-state index < -0.39 is 6.17 Å². The zero-order valence-electron chi connectivity index (χ0n) is 16.1. The Morgan fingerprint density at radius 3 is 2.90 bits per heavy atom. The van der Waals surface area contributed by atoms with Crippen molar-refractivity contribution in [2.45, 2.75) is 19.1 Å². The summed E-state index contributed by atoms with van der Waals surface area (Å²) in [6.07, 6.45) is 5.34. The third-order valence-corrected chi connectivity index (χ3v) is 5.74. The highest BCUT2D eigenvalue weighted by molar-refractivity contribution is 9.10. The molecule has 2 aromatic carbocycles. The van der Waals surface area contributed by atoms with Gasteiger partial charge in [0.2, 0.25) is 5.95 Å². The van der Waals surface area contributed by atoms with Crippen molar-refractivity contribution in [1.82, 2.24) is 25.1 Å². The lowest BCUT2D eigenvalue weighted by Gasteiger charge is -2.17. The molecule has 2 aromatic heterocycles. The van der Waals surface area contributed by atoms with E-state index in [2.05, 4.69) is 58.4 Å². The van der Waals surface area contributed by atoms with Crippen molar-refractivity contribution in [1.29, 1.82) is 0 Å². The van der Waals surface area contributed by atoms with Crippen molar-refractivity contribution < 1.29 is 4.39 Å². The first kappa shape index (κ1) is 19.1. The highest BCUT2D eigenvalue weighted by atomic mass is 79.9. The van der Waals surface area contributed by atoms with Crippen molar-refractivity contribution in [2.24, 2.45) is 0 Å². The van der Waals surface area contributed by atoms with Crippen LogP contribution in [0.25, 0.3) is 22.0 Å². The average Bonchev–Trinajstić information content (AvgIpc) is 3.40. The van der Waals surface area contributed by atoms with Gasteiger partial charge in [-0.25, -0.2) is 14.4 Å². The SMILES string of the molecule is FC1CCN(Cc2cc(Nc3ncc4cc(Br)ccc4n3)cc(-c3cn[nH]c3)c2)C1. The molecule has 4 aromatic rings. The lowest BCUT2D eigenvalue weighted by Crippen LogP contribution is -2.20. The summed E-state index contributed by atoms with van der Waals surface area (Å²) >= 11 is 3.47. The molecule has 0 spiro atoms. The molecule has 1 aliphatic heterocycles. The van der Waals surface area contributed by atoms with E-state index in [-0.39, 0.29) is 0 Å². The van der Waals surface area contributed by atoms with Crippen LogP contribution in [0.4, 0.5) is 16.0 Å². The Kier molecular flexibility index (Phi) is 5.18. The second kappa shape index (κ2) is 8.12. The smallest absolute Gasteiger partial charge is 0.227 e. The molecule has 0 radical (unpaired) electrons. The molecule has 1 atom stereocenters. The largest absolute Gasteiger partial charge is 0.324 e. The third-order valence-electron chi connectivity index (χ3n) is 5.24. The first-order valence-electron chi connectivity index (χ1n) is 9.81. The van der Waals surface area contributed by atoms with E-state index in [0.717, 1.165) is 44.3 Å². The van der Waals surface area contributed by atoms with Gasteiger partial charge in [-0.1, -0.05) is 15.9 Å². The fraction of sp³-hybridized carbons (Fsp3) is 0.227. The van der Waals surface area contributed by atoms with Gasteiger partial charge in [-0.15, -0.1) is 0 Å². The van der Waals surface area contributed by atoms with Crippen molar-refractivity contribution in [3.63, 3.8) is 0 Å². The summed E-state index contributed by atoms with van der Waals surface area (Å²) in [6.45, 7) is 1.97. The van der Waals surface area contributed by atoms with Crippen LogP contribution in [0.5, 0.6) is 0 Å². The number of anilines is 2. The second-order valence-electron chi connectivity index (χ2n) is 7.55. The number of benzene rings is 2. The maximum atomic E-state index is 13.6. The predicted molar refractivity (Wildman–Crippen MR) is 119 cm³/mol. The lowest BCUT2D eigenvalue weighted by atomic mass is 10.0. The maximum Gasteiger partial charge on any atom is 0.227 e. The van der Waals surface area contributed by atoms with Crippen molar-refractivity contribution in [3.05, 3.63) is 65.0 Å². The third kappa shape index (κ3) is 4.20. The normalized spacial score (nSPS) is 16.9. The molecule has 2 N–H and O–H groups in total. The molecule has 1 unspecified atom stereocenters. The molecule has 152 valence electrons. The van der Waals surface area contributed by atoms with E-state index >= 15 is 0 Å². The Morgan fingerprint density at radius 1 is 1.17 bits per heavy atom. The number of nitrogens with zero attached hydrogens (tertiary/aromatic N) is 4. The molecule has 0 bridgehead atoms. The van der Waals surface area contributed by atoms with E-state index in [0.29, 0.717) is 25.5 Å². The summed E-state index contributed by atoms with van der Waals surface area (Å²) in [7, 11) is 0. The topological polar surface area (TPSA) is 69.7 Å². The molecule has 1 fully saturated rings. The van der Waals surface area contributed by atoms with Crippen molar-refractivity contribution in [2.75, 3.05) is 18.4 Å². The average molecular weight is 467 g/mol. The summed E-state index contributed by atoms with van der Waals surface area (Å²) in [4.78, 5) is 11.2. The number of aromatic nitrogens is 4. The maximum absolute atomic E-state index is 13.6. The highest BCUT2D eigenvalue weighted by Crippen LogP contribution is 2.28. The van der Waals surface area contributed by atoms with Crippen LogP contribution in [0, 0.1) is 0 Å². The summed E-state index contributed by atoms with van der Waals surface area (Å²) in [5.41, 5.74) is 4.89. The van der Waals surface area contributed by atoms with Gasteiger partial charge in [0.25, 0.3) is 0 Å². The lowest BCUT2D eigenvalue weighted by molar-refractivity contribution is 0.282. The van der Waals surface area contributed by atoms with Crippen LogP contribution in [0.15, 0.2) is 59.5 Å². The quantitative estimate of drug-likeness (QED) is 0.429. The predicted octanol–water partition coefficient (Wildman–Crippen LogP) is 5.07. The zero-order chi connectivity index (χ0) is 20.5. The molecular formula is C22H20BrFN6. The van der Waals surface area contributed by atoms with Gasteiger partial charge in [0.05, 0.1) is 11.7 Å². The van der Waals surface area contributed by atoms with Crippen LogP contribution < -0.4 is 5.32 Å². The molecule has 0 amide bonds. The van der Waals surface area contributed by atoms with E-state index in [1.807, 2.05) is 36.7 Å².